The van der Waals surface area contributed by atoms with Crippen LogP contribution < -0.4 is 4.90 Å². The van der Waals surface area contributed by atoms with Gasteiger partial charge >= 0.3 is 0 Å². The first kappa shape index (κ1) is 25.0. The van der Waals surface area contributed by atoms with E-state index in [1.165, 1.54) is 22.9 Å². The topological polar surface area (TPSA) is 63.9 Å². The Morgan fingerprint density at radius 1 is 1.00 bits per heavy atom. The zero-order valence-corrected chi connectivity index (χ0v) is 22.3. The summed E-state index contributed by atoms with van der Waals surface area (Å²) < 4.78 is 1.99. The van der Waals surface area contributed by atoms with Gasteiger partial charge in [-0.1, -0.05) is 73.3 Å². The van der Waals surface area contributed by atoms with E-state index in [9.17, 15) is 4.79 Å². The highest BCUT2D eigenvalue weighted by Crippen LogP contribution is 2.50. The third-order valence-corrected chi connectivity index (χ3v) is 8.03. The number of rotatable bonds is 7. The van der Waals surface area contributed by atoms with E-state index in [4.69, 9.17) is 0 Å². The lowest BCUT2D eigenvalue weighted by Crippen LogP contribution is -2.56. The molecule has 1 atom stereocenters. The van der Waals surface area contributed by atoms with Crippen LogP contribution >= 0.6 is 11.8 Å². The maximum atomic E-state index is 13.9. The minimum Gasteiger partial charge on any atom is -0.306 e. The average Bonchev–Trinajstić information content (AvgIpc) is 3.30. The first-order valence-corrected chi connectivity index (χ1v) is 13.4. The number of hydrogen-bond acceptors (Lipinski definition) is 5. The van der Waals surface area contributed by atoms with E-state index in [1.54, 1.807) is 12.4 Å². The van der Waals surface area contributed by atoms with Crippen LogP contribution in [0, 0.1) is 0 Å². The molecular formula is C30H31N5OS. The van der Waals surface area contributed by atoms with Gasteiger partial charge in [0.25, 0.3) is 0 Å². The summed E-state index contributed by atoms with van der Waals surface area (Å²) in [7, 11) is 0. The summed E-state index contributed by atoms with van der Waals surface area (Å²) in [6, 6.07) is 22.7. The number of carbonyl (C=O) groups excluding carboxylic acids is 1. The van der Waals surface area contributed by atoms with Crippen LogP contribution in [-0.2, 0) is 16.8 Å². The smallest absolute Gasteiger partial charge is 0.237 e. The zero-order valence-electron chi connectivity index (χ0n) is 21.5. The van der Waals surface area contributed by atoms with Crippen LogP contribution in [0.2, 0.25) is 0 Å². The molecular weight excluding hydrogens is 478 g/mol. The van der Waals surface area contributed by atoms with Crippen LogP contribution in [0.3, 0.4) is 0 Å². The number of aromatic nitrogens is 4. The fourth-order valence-corrected chi connectivity index (χ4v) is 6.43. The Bertz CT molecular complexity index is 1420. The number of allylic oxidation sites excluding steroid dienone is 1. The molecule has 0 aliphatic carbocycles. The van der Waals surface area contributed by atoms with Gasteiger partial charge in [-0.05, 0) is 49.6 Å². The van der Waals surface area contributed by atoms with Crippen LogP contribution in [-0.4, -0.2) is 36.9 Å². The molecule has 0 N–H and O–H groups in total. The Balaban J connectivity index is 1.45. The molecule has 0 bridgehead atoms. The molecule has 37 heavy (non-hydrogen) atoms. The van der Waals surface area contributed by atoms with Gasteiger partial charge in [0.2, 0.25) is 5.91 Å². The molecule has 0 spiro atoms. The second kappa shape index (κ2) is 9.98. The fourth-order valence-electron chi connectivity index (χ4n) is 5.63. The average molecular weight is 510 g/mol. The quantitative estimate of drug-likeness (QED) is 0.221. The number of amides is 1. The molecule has 3 heterocycles. The van der Waals surface area contributed by atoms with Crippen molar-refractivity contribution in [2.45, 2.75) is 49.8 Å². The highest BCUT2D eigenvalue weighted by molar-refractivity contribution is 7.99. The molecule has 1 aliphatic heterocycles. The normalized spacial score (nSPS) is 18.3. The predicted octanol–water partition coefficient (Wildman–Crippen LogP) is 6.14. The number of anilines is 1. The van der Waals surface area contributed by atoms with E-state index in [1.807, 2.05) is 39.8 Å². The number of fused-ring (bicyclic) bond motifs is 1. The summed E-state index contributed by atoms with van der Waals surface area (Å²) in [5.74, 6) is 1.04. The Morgan fingerprint density at radius 3 is 2.43 bits per heavy atom. The van der Waals surface area contributed by atoms with Gasteiger partial charge in [-0.25, -0.2) is 0 Å². The lowest BCUT2D eigenvalue weighted by molar-refractivity contribution is -0.117. The van der Waals surface area contributed by atoms with Crippen molar-refractivity contribution in [3.63, 3.8) is 0 Å². The molecule has 2 aromatic carbocycles. The van der Waals surface area contributed by atoms with E-state index >= 15 is 0 Å². The summed E-state index contributed by atoms with van der Waals surface area (Å²) in [4.78, 5) is 19.9. The van der Waals surface area contributed by atoms with Crippen LogP contribution in [0.15, 0.2) is 96.9 Å². The lowest BCUT2D eigenvalue weighted by Gasteiger charge is -2.51. The van der Waals surface area contributed by atoms with E-state index in [0.29, 0.717) is 11.7 Å². The van der Waals surface area contributed by atoms with Gasteiger partial charge in [0, 0.05) is 41.1 Å². The summed E-state index contributed by atoms with van der Waals surface area (Å²) in [6.07, 6.45) is 6.10. The van der Waals surface area contributed by atoms with E-state index in [2.05, 4.69) is 85.0 Å². The second-order valence-corrected chi connectivity index (χ2v) is 11.1. The Kier molecular flexibility index (Phi) is 6.73. The van der Waals surface area contributed by atoms with Crippen molar-refractivity contribution >= 4 is 23.4 Å². The predicted molar refractivity (Wildman–Crippen MR) is 150 cm³/mol. The van der Waals surface area contributed by atoms with Gasteiger partial charge in [-0.2, -0.15) is 0 Å². The largest absolute Gasteiger partial charge is 0.306 e. The van der Waals surface area contributed by atoms with Crippen LogP contribution in [0.5, 0.6) is 0 Å². The molecule has 0 fully saturated rings. The molecule has 5 rings (SSSR count). The maximum absolute atomic E-state index is 13.9. The standard InChI is InChI=1S/C30H31N5OS/c1-5-19-34-27(22-15-17-31-18-16-22)32-33-28(34)37-20-26(36)35-25-14-10-9-13-24(25)30(4,21-29(35,2)3)23-11-7-6-8-12-23/h5-18H,1,19-21H2,2-4H3/t30-/m0/s1. The van der Waals surface area contributed by atoms with Crippen molar-refractivity contribution in [3.8, 4) is 11.4 Å². The molecule has 7 heteroatoms. The molecule has 4 aromatic rings. The molecule has 188 valence electrons. The SMILES string of the molecule is C=CCn1c(SCC(=O)N2c3ccccc3[C@](C)(c3ccccc3)CC2(C)C)nnc1-c1ccncc1. The molecule has 2 aromatic heterocycles. The Labute approximate surface area is 222 Å². The van der Waals surface area contributed by atoms with Gasteiger partial charge in [0.05, 0.1) is 5.75 Å². The summed E-state index contributed by atoms with van der Waals surface area (Å²) in [6.45, 7) is 11.1. The van der Waals surface area contributed by atoms with Gasteiger partial charge in [-0.3, -0.25) is 14.3 Å². The number of thioether (sulfide) groups is 1. The van der Waals surface area contributed by atoms with E-state index < -0.39 is 0 Å². The molecule has 0 unspecified atom stereocenters. The molecule has 1 aliphatic rings. The van der Waals surface area contributed by atoms with Crippen molar-refractivity contribution in [1.29, 1.82) is 0 Å². The van der Waals surface area contributed by atoms with Crippen molar-refractivity contribution in [2.75, 3.05) is 10.7 Å². The first-order valence-electron chi connectivity index (χ1n) is 12.4. The lowest BCUT2D eigenvalue weighted by atomic mass is 9.65. The third kappa shape index (κ3) is 4.60. The molecule has 6 nitrogen and oxygen atoms in total. The fraction of sp³-hybridized carbons (Fsp3) is 0.267. The van der Waals surface area contributed by atoms with Crippen molar-refractivity contribution in [1.82, 2.24) is 19.7 Å². The van der Waals surface area contributed by atoms with Crippen molar-refractivity contribution < 1.29 is 4.79 Å². The van der Waals surface area contributed by atoms with Crippen molar-refractivity contribution in [3.05, 3.63) is 103 Å². The van der Waals surface area contributed by atoms with Gasteiger partial charge < -0.3 is 4.90 Å². The number of nitrogens with zero attached hydrogens (tertiary/aromatic N) is 5. The van der Waals surface area contributed by atoms with Crippen LogP contribution in [0.1, 0.15) is 38.3 Å². The summed E-state index contributed by atoms with van der Waals surface area (Å²) >= 11 is 1.41. The number of benzene rings is 2. The zero-order chi connectivity index (χ0) is 26.0. The minimum absolute atomic E-state index is 0.0520. The maximum Gasteiger partial charge on any atom is 0.237 e. The van der Waals surface area contributed by atoms with Gasteiger partial charge in [-0.15, -0.1) is 16.8 Å². The minimum atomic E-state index is -0.381. The number of hydrogen-bond donors (Lipinski definition) is 0. The third-order valence-electron chi connectivity index (χ3n) is 7.08. The molecule has 0 saturated carbocycles. The van der Waals surface area contributed by atoms with Gasteiger partial charge in [0.15, 0.2) is 11.0 Å². The molecule has 0 saturated heterocycles. The highest BCUT2D eigenvalue weighted by atomic mass is 32.2. The second-order valence-electron chi connectivity index (χ2n) is 10.2. The number of carbonyl (C=O) groups is 1. The molecule has 0 radical (unpaired) electrons. The number of para-hydroxylation sites is 1. The van der Waals surface area contributed by atoms with Crippen molar-refractivity contribution in [2.24, 2.45) is 0 Å². The van der Waals surface area contributed by atoms with Crippen LogP contribution in [0.25, 0.3) is 11.4 Å². The van der Waals surface area contributed by atoms with Crippen LogP contribution in [0.4, 0.5) is 5.69 Å². The number of pyridine rings is 1. The summed E-state index contributed by atoms with van der Waals surface area (Å²) in [5.41, 5.74) is 3.75. The van der Waals surface area contributed by atoms with E-state index in [0.717, 1.165) is 23.5 Å². The Morgan fingerprint density at radius 2 is 1.70 bits per heavy atom. The van der Waals surface area contributed by atoms with Gasteiger partial charge in [0.1, 0.15) is 0 Å². The first-order chi connectivity index (χ1) is 17.8. The highest BCUT2D eigenvalue weighted by Gasteiger charge is 2.47. The molecule has 1 amide bonds. The monoisotopic (exact) mass is 509 g/mol. The Hall–Kier alpha value is -3.71. The van der Waals surface area contributed by atoms with E-state index in [-0.39, 0.29) is 22.6 Å². The summed E-state index contributed by atoms with van der Waals surface area (Å²) in [5, 5.41) is 9.50.